The monoisotopic (exact) mass is 788 g/mol. The van der Waals surface area contributed by atoms with Gasteiger partial charge in [-0.15, -0.1) is 11.3 Å². The zero-order valence-electron chi connectivity index (χ0n) is 31.4. The van der Waals surface area contributed by atoms with Crippen LogP contribution < -0.4 is 20.4 Å². The summed E-state index contributed by atoms with van der Waals surface area (Å²) < 4.78 is 17.9. The number of aromatic nitrogens is 4. The van der Waals surface area contributed by atoms with Gasteiger partial charge < -0.3 is 14.4 Å². The van der Waals surface area contributed by atoms with Gasteiger partial charge in [-0.3, -0.25) is 34.8 Å². The molecule has 9 rings (SSSR count). The summed E-state index contributed by atoms with van der Waals surface area (Å²) in [7, 11) is 2.12. The fourth-order valence-electron chi connectivity index (χ4n) is 8.46. The van der Waals surface area contributed by atoms with Crippen molar-refractivity contribution in [3.05, 3.63) is 107 Å². The van der Waals surface area contributed by atoms with Gasteiger partial charge in [-0.05, 0) is 79.8 Å². The lowest BCUT2D eigenvalue weighted by molar-refractivity contribution is -0.121. The van der Waals surface area contributed by atoms with Crippen molar-refractivity contribution in [2.24, 2.45) is 0 Å². The number of piperidine rings is 1. The van der Waals surface area contributed by atoms with Gasteiger partial charge >= 0.3 is 6.03 Å². The Balaban J connectivity index is 0.844. The first-order chi connectivity index (χ1) is 27.7. The minimum absolute atomic E-state index is 0.0430. The van der Waals surface area contributed by atoms with Crippen LogP contribution in [-0.2, 0) is 35.6 Å². The summed E-state index contributed by atoms with van der Waals surface area (Å²) in [5.41, 5.74) is 5.47. The molecule has 1 unspecified atom stereocenters. The Morgan fingerprint density at radius 1 is 1.00 bits per heavy atom. The molecule has 2 aromatic carbocycles. The van der Waals surface area contributed by atoms with E-state index in [1.165, 1.54) is 27.2 Å². The second kappa shape index (κ2) is 15.2. The van der Waals surface area contributed by atoms with Crippen LogP contribution in [0.15, 0.2) is 72.6 Å². The van der Waals surface area contributed by atoms with E-state index in [0.29, 0.717) is 34.8 Å². The van der Waals surface area contributed by atoms with Gasteiger partial charge in [0.15, 0.2) is 11.2 Å². The molecule has 0 aliphatic carbocycles. The van der Waals surface area contributed by atoms with E-state index < -0.39 is 29.7 Å². The third kappa shape index (κ3) is 7.14. The molecule has 4 aliphatic heterocycles. The summed E-state index contributed by atoms with van der Waals surface area (Å²) >= 11 is 1.28. The number of thiazole rings is 1. The number of nitrogens with one attached hydrogen (secondary N) is 2. The lowest BCUT2D eigenvalue weighted by atomic mass is 9.98. The average molecular weight is 789 g/mol. The summed E-state index contributed by atoms with van der Waals surface area (Å²) in [4.78, 5) is 72.5. The first-order valence-corrected chi connectivity index (χ1v) is 20.1. The van der Waals surface area contributed by atoms with Crippen LogP contribution in [0.5, 0.6) is 0 Å². The first kappa shape index (κ1) is 36.6. The van der Waals surface area contributed by atoms with Crippen LogP contribution in [0.4, 0.5) is 25.8 Å². The highest BCUT2D eigenvalue weighted by Gasteiger charge is 2.42. The van der Waals surface area contributed by atoms with E-state index in [9.17, 15) is 19.2 Å². The molecule has 4 aliphatic rings. The molecule has 57 heavy (non-hydrogen) atoms. The third-order valence-corrected chi connectivity index (χ3v) is 12.2. The highest BCUT2D eigenvalue weighted by molar-refractivity contribution is 7.13. The fraction of sp³-hybridized carbons (Fsp3) is 0.341. The maximum absolute atomic E-state index is 15.9. The number of urea groups is 1. The SMILES string of the molecule is CN(Cc1ccc(N2CCC(=O)NC2=O)nc1)C1CCN(c2ccc(-c3cc(F)c4c(c3)C(=O)N(C(C(=O)Nc3nccs3)c3ncn5c3CCC5)C4)cc2)CC1. The van der Waals surface area contributed by atoms with Gasteiger partial charge in [-0.2, -0.15) is 0 Å². The molecule has 0 saturated carbocycles. The number of carbonyl (C=O) groups is 4. The first-order valence-electron chi connectivity index (χ1n) is 19.2. The van der Waals surface area contributed by atoms with Gasteiger partial charge in [-0.1, -0.05) is 18.2 Å². The molecule has 0 radical (unpaired) electrons. The molecule has 16 heteroatoms. The standard InChI is InChI=1S/C41H41FN10O4S/c1-48(22-25-4-9-34(44-21-25)51-17-12-35(53)46-41(51)56)28-10-15-49(16-11-28)29-7-5-26(6-8-29)27-19-30-31(32(42)20-27)23-52(39(30)55)37(38(54)47-40-43-13-18-57-40)36-33-3-2-14-50(33)24-45-36/h4-9,13,18-21,24,28,37H,2-3,10-12,14-17,22-23H2,1H3,(H,43,47,54)(H,46,53,56). The zero-order chi connectivity index (χ0) is 39.2. The normalized spacial score (nSPS) is 17.6. The summed E-state index contributed by atoms with van der Waals surface area (Å²) in [6, 6.07) is 13.9. The molecule has 3 aromatic heterocycles. The molecule has 5 amide bonds. The Kier molecular flexibility index (Phi) is 9.74. The van der Waals surface area contributed by atoms with Crippen molar-refractivity contribution in [1.82, 2.24) is 34.6 Å². The van der Waals surface area contributed by atoms with Crippen molar-refractivity contribution < 1.29 is 23.6 Å². The van der Waals surface area contributed by atoms with Crippen molar-refractivity contribution in [2.45, 2.75) is 63.8 Å². The number of fused-ring (bicyclic) bond motifs is 2. The zero-order valence-corrected chi connectivity index (χ0v) is 32.2. The van der Waals surface area contributed by atoms with Crippen LogP contribution in [0.25, 0.3) is 11.1 Å². The van der Waals surface area contributed by atoms with Crippen LogP contribution in [0.1, 0.15) is 64.6 Å². The van der Waals surface area contributed by atoms with E-state index in [-0.39, 0.29) is 30.0 Å². The van der Waals surface area contributed by atoms with Gasteiger partial charge in [0, 0.05) is 85.5 Å². The number of pyridine rings is 1. The van der Waals surface area contributed by atoms with Gasteiger partial charge in [0.05, 0.1) is 18.6 Å². The number of anilines is 3. The van der Waals surface area contributed by atoms with Crippen molar-refractivity contribution in [3.63, 3.8) is 0 Å². The number of carbonyl (C=O) groups excluding carboxylic acids is 4. The Hall–Kier alpha value is -6.00. The Morgan fingerprint density at radius 3 is 2.56 bits per heavy atom. The molecule has 5 aromatic rings. The fourth-order valence-corrected chi connectivity index (χ4v) is 9.00. The lowest BCUT2D eigenvalue weighted by Crippen LogP contribution is -2.49. The predicted molar refractivity (Wildman–Crippen MR) is 212 cm³/mol. The second-order valence-corrected chi connectivity index (χ2v) is 15.9. The van der Waals surface area contributed by atoms with Crippen LogP contribution in [0.3, 0.4) is 0 Å². The second-order valence-electron chi connectivity index (χ2n) is 15.0. The predicted octanol–water partition coefficient (Wildman–Crippen LogP) is 5.37. The number of hydrogen-bond donors (Lipinski definition) is 2. The minimum atomic E-state index is -1.04. The molecule has 2 N–H and O–H groups in total. The summed E-state index contributed by atoms with van der Waals surface area (Å²) in [6.45, 7) is 3.55. The van der Waals surface area contributed by atoms with Crippen LogP contribution in [0.2, 0.25) is 0 Å². The topological polar surface area (TPSA) is 149 Å². The van der Waals surface area contributed by atoms with Gasteiger partial charge in [0.2, 0.25) is 5.91 Å². The molecular weight excluding hydrogens is 748 g/mol. The van der Waals surface area contributed by atoms with Gasteiger partial charge in [-0.25, -0.2) is 24.1 Å². The Morgan fingerprint density at radius 2 is 1.82 bits per heavy atom. The number of imidazole rings is 1. The van der Waals surface area contributed by atoms with Gasteiger partial charge in [0.25, 0.3) is 11.8 Å². The Labute approximate surface area is 332 Å². The van der Waals surface area contributed by atoms with Crippen molar-refractivity contribution in [3.8, 4) is 11.1 Å². The van der Waals surface area contributed by atoms with Crippen LogP contribution in [-0.4, -0.2) is 85.8 Å². The molecule has 0 bridgehead atoms. The Bertz CT molecular complexity index is 2340. The number of hydrogen-bond acceptors (Lipinski definition) is 10. The number of nitrogens with zero attached hydrogens (tertiary/aromatic N) is 8. The molecule has 7 heterocycles. The lowest BCUT2D eigenvalue weighted by Gasteiger charge is -2.38. The van der Waals surface area contributed by atoms with Crippen molar-refractivity contribution >= 4 is 51.7 Å². The quantitative estimate of drug-likeness (QED) is 0.191. The molecule has 292 valence electrons. The van der Waals surface area contributed by atoms with E-state index in [0.717, 1.165) is 74.4 Å². The number of rotatable bonds is 10. The van der Waals surface area contributed by atoms with E-state index in [1.54, 1.807) is 30.2 Å². The summed E-state index contributed by atoms with van der Waals surface area (Å²) in [5.74, 6) is -1.07. The largest absolute Gasteiger partial charge is 0.371 e. The third-order valence-electron chi connectivity index (χ3n) is 11.5. The molecule has 2 saturated heterocycles. The van der Waals surface area contributed by atoms with E-state index >= 15 is 4.39 Å². The van der Waals surface area contributed by atoms with Crippen LogP contribution in [0, 0.1) is 5.82 Å². The number of amides is 5. The molecule has 1 atom stereocenters. The van der Waals surface area contributed by atoms with Gasteiger partial charge in [0.1, 0.15) is 11.6 Å². The maximum Gasteiger partial charge on any atom is 0.329 e. The average Bonchev–Trinajstić information content (AvgIpc) is 4.04. The maximum atomic E-state index is 15.9. The molecule has 0 spiro atoms. The van der Waals surface area contributed by atoms with E-state index in [1.807, 2.05) is 41.0 Å². The summed E-state index contributed by atoms with van der Waals surface area (Å²) in [6.07, 6.45) is 8.99. The highest BCUT2D eigenvalue weighted by atomic mass is 32.1. The molecule has 14 nitrogen and oxygen atoms in total. The highest BCUT2D eigenvalue weighted by Crippen LogP contribution is 2.38. The molecular formula is C41H41FN10O4S. The number of halogens is 1. The number of aryl methyl sites for hydroxylation is 1. The van der Waals surface area contributed by atoms with Crippen molar-refractivity contribution in [1.29, 1.82) is 0 Å². The van der Waals surface area contributed by atoms with E-state index in [2.05, 4.69) is 42.4 Å². The van der Waals surface area contributed by atoms with E-state index in [4.69, 9.17) is 0 Å². The number of benzene rings is 2. The molecule has 2 fully saturated rings. The number of imide groups is 1. The van der Waals surface area contributed by atoms with Crippen molar-refractivity contribution in [2.75, 3.05) is 41.8 Å². The summed E-state index contributed by atoms with van der Waals surface area (Å²) in [5, 5.41) is 7.36. The van der Waals surface area contributed by atoms with Crippen LogP contribution >= 0.6 is 11.3 Å². The smallest absolute Gasteiger partial charge is 0.329 e. The minimum Gasteiger partial charge on any atom is -0.371 e.